The summed E-state index contributed by atoms with van der Waals surface area (Å²) >= 11 is 0. The van der Waals surface area contributed by atoms with Crippen molar-refractivity contribution in [3.05, 3.63) is 84.8 Å². The van der Waals surface area contributed by atoms with Crippen LogP contribution in [0.4, 0.5) is 4.39 Å². The number of imidazole rings is 1. The van der Waals surface area contributed by atoms with E-state index >= 15 is 0 Å². The standard InChI is InChI=1S/C27H23FN4/c28-22-7-3-6-21(17-22)26-31-25-24(20-9-8-18-4-1-2-5-19(18)16-20)12-15-30-27(25)32(26)23-10-13-29-14-11-23/h1-9,12,15-17,23,29H,10-11,13-14H2. The number of piperidine rings is 1. The van der Waals surface area contributed by atoms with Gasteiger partial charge in [0.25, 0.3) is 0 Å². The minimum Gasteiger partial charge on any atom is -0.317 e. The summed E-state index contributed by atoms with van der Waals surface area (Å²) in [6.45, 7) is 1.91. The van der Waals surface area contributed by atoms with Crippen molar-refractivity contribution in [1.29, 1.82) is 0 Å². The third-order valence-corrected chi connectivity index (χ3v) is 6.40. The molecule has 0 amide bonds. The lowest BCUT2D eigenvalue weighted by Crippen LogP contribution is -2.29. The van der Waals surface area contributed by atoms with Crippen LogP contribution in [0.3, 0.4) is 0 Å². The van der Waals surface area contributed by atoms with E-state index in [1.54, 1.807) is 12.1 Å². The molecule has 4 nitrogen and oxygen atoms in total. The summed E-state index contributed by atoms with van der Waals surface area (Å²) in [5.74, 6) is 0.529. The molecule has 3 heterocycles. The average molecular weight is 423 g/mol. The third kappa shape index (κ3) is 3.26. The lowest BCUT2D eigenvalue weighted by atomic mass is 10.0. The third-order valence-electron chi connectivity index (χ3n) is 6.40. The molecule has 0 saturated carbocycles. The van der Waals surface area contributed by atoms with Crippen LogP contribution in [0.5, 0.6) is 0 Å². The summed E-state index contributed by atoms with van der Waals surface area (Å²) in [6.07, 6.45) is 3.85. The second kappa shape index (κ2) is 7.84. The highest BCUT2D eigenvalue weighted by Gasteiger charge is 2.24. The van der Waals surface area contributed by atoms with Crippen LogP contribution >= 0.6 is 0 Å². The summed E-state index contributed by atoms with van der Waals surface area (Å²) in [5, 5.41) is 5.84. The molecule has 1 aliphatic heterocycles. The van der Waals surface area contributed by atoms with Gasteiger partial charge >= 0.3 is 0 Å². The van der Waals surface area contributed by atoms with Gasteiger partial charge in [0.15, 0.2) is 5.65 Å². The SMILES string of the molecule is Fc1cccc(-c2nc3c(-c4ccc5ccccc5c4)ccnc3n2C2CCNCC2)c1. The molecule has 6 rings (SSSR count). The maximum atomic E-state index is 14.1. The molecule has 5 aromatic rings. The monoisotopic (exact) mass is 422 g/mol. The van der Waals surface area contributed by atoms with Crippen LogP contribution in [0.1, 0.15) is 18.9 Å². The quantitative estimate of drug-likeness (QED) is 0.389. The van der Waals surface area contributed by atoms with Gasteiger partial charge in [-0.05, 0) is 66.5 Å². The fourth-order valence-corrected chi connectivity index (χ4v) is 4.82. The molecule has 0 aliphatic carbocycles. The number of nitrogens with one attached hydrogen (secondary N) is 1. The van der Waals surface area contributed by atoms with Gasteiger partial charge in [0.1, 0.15) is 17.2 Å². The Balaban J connectivity index is 1.60. The number of fused-ring (bicyclic) bond motifs is 2. The first kappa shape index (κ1) is 19.1. The molecule has 1 N–H and O–H groups in total. The summed E-state index contributed by atoms with van der Waals surface area (Å²) in [6, 6.07) is 23.9. The van der Waals surface area contributed by atoms with Crippen molar-refractivity contribution in [2.24, 2.45) is 0 Å². The molecule has 1 aliphatic rings. The summed E-state index contributed by atoms with van der Waals surface area (Å²) < 4.78 is 16.3. The van der Waals surface area contributed by atoms with Gasteiger partial charge in [-0.1, -0.05) is 48.5 Å². The molecular formula is C27H23FN4. The van der Waals surface area contributed by atoms with Crippen molar-refractivity contribution in [2.45, 2.75) is 18.9 Å². The minimum atomic E-state index is -0.255. The van der Waals surface area contributed by atoms with Crippen molar-refractivity contribution in [3.63, 3.8) is 0 Å². The summed E-state index contributed by atoms with van der Waals surface area (Å²) in [7, 11) is 0. The Morgan fingerprint density at radius 1 is 0.844 bits per heavy atom. The summed E-state index contributed by atoms with van der Waals surface area (Å²) in [5.41, 5.74) is 4.66. The van der Waals surface area contributed by atoms with E-state index in [4.69, 9.17) is 9.97 Å². The number of nitrogens with zero attached hydrogens (tertiary/aromatic N) is 3. The van der Waals surface area contributed by atoms with Crippen LogP contribution in [0.15, 0.2) is 79.0 Å². The number of pyridine rings is 1. The van der Waals surface area contributed by atoms with Gasteiger partial charge in [-0.15, -0.1) is 0 Å². The molecule has 2 aromatic heterocycles. The molecule has 0 spiro atoms. The van der Waals surface area contributed by atoms with Crippen molar-refractivity contribution in [3.8, 4) is 22.5 Å². The van der Waals surface area contributed by atoms with E-state index in [2.05, 4.69) is 52.3 Å². The van der Waals surface area contributed by atoms with Crippen LogP contribution in [-0.4, -0.2) is 27.6 Å². The zero-order valence-electron chi connectivity index (χ0n) is 17.6. The zero-order chi connectivity index (χ0) is 21.5. The fourth-order valence-electron chi connectivity index (χ4n) is 4.82. The van der Waals surface area contributed by atoms with Gasteiger partial charge in [0.2, 0.25) is 0 Å². The van der Waals surface area contributed by atoms with E-state index in [1.807, 2.05) is 18.3 Å². The highest BCUT2D eigenvalue weighted by atomic mass is 19.1. The molecule has 32 heavy (non-hydrogen) atoms. The Morgan fingerprint density at radius 2 is 1.69 bits per heavy atom. The predicted octanol–water partition coefficient (Wildman–Crippen LogP) is 5.98. The van der Waals surface area contributed by atoms with Crippen LogP contribution in [0, 0.1) is 5.82 Å². The Bertz CT molecular complexity index is 1430. The average Bonchev–Trinajstić information content (AvgIpc) is 3.24. The van der Waals surface area contributed by atoms with Gasteiger partial charge in [-0.2, -0.15) is 0 Å². The van der Waals surface area contributed by atoms with Crippen molar-refractivity contribution < 1.29 is 4.39 Å². The van der Waals surface area contributed by atoms with E-state index in [0.29, 0.717) is 0 Å². The molecule has 0 unspecified atom stereocenters. The van der Waals surface area contributed by atoms with Gasteiger partial charge < -0.3 is 9.88 Å². The lowest BCUT2D eigenvalue weighted by molar-refractivity contribution is 0.376. The largest absolute Gasteiger partial charge is 0.317 e. The Hall–Kier alpha value is -3.57. The maximum absolute atomic E-state index is 14.1. The smallest absolute Gasteiger partial charge is 0.161 e. The molecule has 158 valence electrons. The number of hydrogen-bond donors (Lipinski definition) is 1. The van der Waals surface area contributed by atoms with Crippen molar-refractivity contribution in [2.75, 3.05) is 13.1 Å². The second-order valence-corrected chi connectivity index (χ2v) is 8.39. The highest BCUT2D eigenvalue weighted by Crippen LogP contribution is 2.36. The van der Waals surface area contributed by atoms with Gasteiger partial charge in [0.05, 0.1) is 0 Å². The first-order valence-corrected chi connectivity index (χ1v) is 11.1. The number of aromatic nitrogens is 3. The molecule has 1 saturated heterocycles. The molecule has 0 radical (unpaired) electrons. The van der Waals surface area contributed by atoms with Crippen LogP contribution in [-0.2, 0) is 0 Å². The van der Waals surface area contributed by atoms with Gasteiger partial charge in [-0.25, -0.2) is 14.4 Å². The van der Waals surface area contributed by atoms with Gasteiger partial charge in [-0.3, -0.25) is 0 Å². The van der Waals surface area contributed by atoms with E-state index in [-0.39, 0.29) is 11.9 Å². The Morgan fingerprint density at radius 3 is 2.53 bits per heavy atom. The minimum absolute atomic E-state index is 0.255. The van der Waals surface area contributed by atoms with Crippen molar-refractivity contribution >= 4 is 21.9 Å². The van der Waals surface area contributed by atoms with E-state index in [0.717, 1.165) is 59.6 Å². The topological polar surface area (TPSA) is 42.7 Å². The molecule has 3 aromatic carbocycles. The predicted molar refractivity (Wildman–Crippen MR) is 127 cm³/mol. The lowest BCUT2D eigenvalue weighted by Gasteiger charge is -2.26. The van der Waals surface area contributed by atoms with Crippen molar-refractivity contribution in [1.82, 2.24) is 19.9 Å². The number of hydrogen-bond acceptors (Lipinski definition) is 3. The molecule has 5 heteroatoms. The number of benzene rings is 3. The normalized spacial score (nSPS) is 14.9. The second-order valence-electron chi connectivity index (χ2n) is 8.39. The Labute approximate surface area is 185 Å². The maximum Gasteiger partial charge on any atom is 0.161 e. The number of rotatable bonds is 3. The molecule has 0 atom stereocenters. The highest BCUT2D eigenvalue weighted by molar-refractivity contribution is 5.95. The van der Waals surface area contributed by atoms with E-state index in [1.165, 1.54) is 16.8 Å². The van der Waals surface area contributed by atoms with Gasteiger partial charge in [0, 0.05) is 23.4 Å². The first-order chi connectivity index (χ1) is 15.8. The zero-order valence-corrected chi connectivity index (χ0v) is 17.6. The van der Waals surface area contributed by atoms with Crippen LogP contribution in [0.25, 0.3) is 44.5 Å². The summed E-state index contributed by atoms with van der Waals surface area (Å²) in [4.78, 5) is 9.83. The van der Waals surface area contributed by atoms with Crippen LogP contribution < -0.4 is 5.32 Å². The molecular weight excluding hydrogens is 399 g/mol. The fraction of sp³-hybridized carbons (Fsp3) is 0.185. The van der Waals surface area contributed by atoms with E-state index < -0.39 is 0 Å². The number of halogens is 1. The molecule has 0 bridgehead atoms. The van der Waals surface area contributed by atoms with E-state index in [9.17, 15) is 4.39 Å². The van der Waals surface area contributed by atoms with Crippen LogP contribution in [0.2, 0.25) is 0 Å². The first-order valence-electron chi connectivity index (χ1n) is 11.1. The molecule has 1 fully saturated rings. The Kier molecular flexibility index (Phi) is 4.69.